The standard InChI is InChI=1S/C16H18BrN5O/c1-10(2)20-16(19-9-18)22-8-11-5-6-23-14-7-12(17)3-4-13(14)15(11)21-22/h3-4,7-10H,5-6H2,1-2H3,(H2,18,19,20). The summed E-state index contributed by atoms with van der Waals surface area (Å²) < 4.78 is 8.50. The molecule has 0 bridgehead atoms. The molecule has 1 aliphatic heterocycles. The summed E-state index contributed by atoms with van der Waals surface area (Å²) in [6.45, 7) is 4.65. The first kappa shape index (κ1) is 15.7. The Balaban J connectivity index is 2.07. The van der Waals surface area contributed by atoms with E-state index in [9.17, 15) is 0 Å². The molecule has 0 atom stereocenters. The predicted octanol–water partition coefficient (Wildman–Crippen LogP) is 3.06. The van der Waals surface area contributed by atoms with Crippen molar-refractivity contribution in [2.75, 3.05) is 6.61 Å². The maximum atomic E-state index is 7.25. The Labute approximate surface area is 143 Å². The lowest BCUT2D eigenvalue weighted by Gasteiger charge is -2.12. The van der Waals surface area contributed by atoms with Gasteiger partial charge in [-0.15, -0.1) is 0 Å². The highest BCUT2D eigenvalue weighted by Crippen LogP contribution is 2.36. The second-order valence-corrected chi connectivity index (χ2v) is 6.48. The van der Waals surface area contributed by atoms with Crippen molar-refractivity contribution in [3.8, 4) is 17.0 Å². The zero-order chi connectivity index (χ0) is 16.4. The van der Waals surface area contributed by atoms with Crippen LogP contribution in [-0.4, -0.2) is 34.7 Å². The van der Waals surface area contributed by atoms with E-state index in [1.807, 2.05) is 38.2 Å². The molecule has 1 aliphatic rings. The molecule has 23 heavy (non-hydrogen) atoms. The van der Waals surface area contributed by atoms with Crippen molar-refractivity contribution < 1.29 is 4.74 Å². The van der Waals surface area contributed by atoms with E-state index in [0.29, 0.717) is 12.6 Å². The molecule has 0 saturated heterocycles. The Bertz CT molecular complexity index is 766. The van der Waals surface area contributed by atoms with Crippen molar-refractivity contribution in [3.63, 3.8) is 0 Å². The normalized spacial score (nSPS) is 13.8. The Morgan fingerprint density at radius 1 is 1.52 bits per heavy atom. The van der Waals surface area contributed by atoms with E-state index in [2.05, 4.69) is 31.3 Å². The summed E-state index contributed by atoms with van der Waals surface area (Å²) in [6, 6.07) is 6.14. The molecule has 2 aromatic rings. The summed E-state index contributed by atoms with van der Waals surface area (Å²) in [7, 11) is 0. The molecule has 0 spiro atoms. The minimum absolute atomic E-state index is 0.198. The topological polar surface area (TPSA) is 75.3 Å². The Hall–Kier alpha value is -2.15. The zero-order valence-electron chi connectivity index (χ0n) is 13.0. The van der Waals surface area contributed by atoms with E-state index in [4.69, 9.17) is 10.1 Å². The third-order valence-electron chi connectivity index (χ3n) is 3.44. The number of hydrogen-bond donors (Lipinski definition) is 2. The molecule has 2 N–H and O–H groups in total. The molecule has 3 rings (SSSR count). The van der Waals surface area contributed by atoms with Crippen LogP contribution in [0.5, 0.6) is 5.75 Å². The quantitative estimate of drug-likeness (QED) is 0.625. The summed E-state index contributed by atoms with van der Waals surface area (Å²) in [5.41, 5.74) is 2.97. The highest BCUT2D eigenvalue weighted by molar-refractivity contribution is 9.10. The van der Waals surface area contributed by atoms with Gasteiger partial charge in [0.1, 0.15) is 12.1 Å². The van der Waals surface area contributed by atoms with Crippen molar-refractivity contribution in [2.24, 2.45) is 4.99 Å². The fourth-order valence-corrected chi connectivity index (χ4v) is 2.83. The van der Waals surface area contributed by atoms with E-state index < -0.39 is 0 Å². The van der Waals surface area contributed by atoms with Crippen LogP contribution in [0.2, 0.25) is 0 Å². The molecular weight excluding hydrogens is 358 g/mol. The number of aromatic nitrogens is 2. The average molecular weight is 376 g/mol. The summed E-state index contributed by atoms with van der Waals surface area (Å²) in [6.07, 6.45) is 3.75. The second-order valence-electron chi connectivity index (χ2n) is 5.57. The van der Waals surface area contributed by atoms with Crippen LogP contribution in [0.4, 0.5) is 0 Å². The SMILES string of the molecule is CC(C)N/C(=N\C=N)n1cc2c(n1)-c1ccc(Br)cc1OCC2. The lowest BCUT2D eigenvalue weighted by atomic mass is 10.1. The highest BCUT2D eigenvalue weighted by atomic mass is 79.9. The second kappa shape index (κ2) is 6.54. The van der Waals surface area contributed by atoms with Crippen LogP contribution < -0.4 is 10.1 Å². The van der Waals surface area contributed by atoms with Gasteiger partial charge in [-0.25, -0.2) is 9.67 Å². The molecular formula is C16H18BrN5O. The first-order valence-electron chi connectivity index (χ1n) is 7.43. The Morgan fingerprint density at radius 2 is 2.35 bits per heavy atom. The molecule has 0 saturated carbocycles. The lowest BCUT2D eigenvalue weighted by molar-refractivity contribution is 0.326. The van der Waals surface area contributed by atoms with Crippen LogP contribution in [0.3, 0.4) is 0 Å². The Kier molecular flexibility index (Phi) is 4.47. The Morgan fingerprint density at radius 3 is 3.09 bits per heavy atom. The van der Waals surface area contributed by atoms with Gasteiger partial charge in [-0.05, 0) is 32.0 Å². The molecule has 1 aromatic carbocycles. The number of aliphatic imine (C=N–C) groups is 1. The minimum Gasteiger partial charge on any atom is -0.492 e. The molecule has 0 amide bonds. The smallest absolute Gasteiger partial charge is 0.225 e. The molecule has 0 fully saturated rings. The summed E-state index contributed by atoms with van der Waals surface area (Å²) in [5, 5.41) is 15.1. The molecule has 2 heterocycles. The number of fused-ring (bicyclic) bond motifs is 3. The van der Waals surface area contributed by atoms with Gasteiger partial charge >= 0.3 is 0 Å². The van der Waals surface area contributed by atoms with Crippen LogP contribution in [0.1, 0.15) is 19.4 Å². The fourth-order valence-electron chi connectivity index (χ4n) is 2.49. The zero-order valence-corrected chi connectivity index (χ0v) is 14.6. The molecule has 1 aromatic heterocycles. The van der Waals surface area contributed by atoms with E-state index in [-0.39, 0.29) is 6.04 Å². The average Bonchev–Trinajstić information content (AvgIpc) is 2.83. The number of benzene rings is 1. The minimum atomic E-state index is 0.198. The molecule has 0 radical (unpaired) electrons. The first-order valence-corrected chi connectivity index (χ1v) is 8.22. The van der Waals surface area contributed by atoms with Gasteiger partial charge in [-0.3, -0.25) is 5.41 Å². The molecule has 0 unspecified atom stereocenters. The van der Waals surface area contributed by atoms with Gasteiger partial charge < -0.3 is 10.1 Å². The third kappa shape index (κ3) is 3.29. The largest absolute Gasteiger partial charge is 0.492 e. The van der Waals surface area contributed by atoms with Gasteiger partial charge in [0.05, 0.1) is 12.3 Å². The number of rotatable bonds is 2. The molecule has 0 aliphatic carbocycles. The highest BCUT2D eigenvalue weighted by Gasteiger charge is 2.20. The van der Waals surface area contributed by atoms with Crippen molar-refractivity contribution in [1.82, 2.24) is 15.1 Å². The summed E-state index contributed by atoms with van der Waals surface area (Å²) in [5.74, 6) is 1.37. The van der Waals surface area contributed by atoms with Crippen LogP contribution in [0.25, 0.3) is 11.3 Å². The molecule has 6 nitrogen and oxygen atoms in total. The first-order chi connectivity index (χ1) is 11.1. The van der Waals surface area contributed by atoms with Crippen molar-refractivity contribution in [2.45, 2.75) is 26.3 Å². The fraction of sp³-hybridized carbons (Fsp3) is 0.312. The third-order valence-corrected chi connectivity index (χ3v) is 3.93. The lowest BCUT2D eigenvalue weighted by Crippen LogP contribution is -2.36. The van der Waals surface area contributed by atoms with Crippen molar-refractivity contribution in [3.05, 3.63) is 34.4 Å². The van der Waals surface area contributed by atoms with Crippen LogP contribution in [-0.2, 0) is 6.42 Å². The van der Waals surface area contributed by atoms with E-state index in [1.165, 1.54) is 0 Å². The number of ether oxygens (including phenoxy) is 1. The number of nitrogens with zero attached hydrogens (tertiary/aromatic N) is 3. The van der Waals surface area contributed by atoms with Crippen LogP contribution >= 0.6 is 15.9 Å². The number of halogens is 1. The van der Waals surface area contributed by atoms with E-state index in [0.717, 1.165) is 39.8 Å². The van der Waals surface area contributed by atoms with Crippen LogP contribution in [0, 0.1) is 5.41 Å². The molecule has 120 valence electrons. The van der Waals surface area contributed by atoms with E-state index >= 15 is 0 Å². The maximum Gasteiger partial charge on any atom is 0.225 e. The monoisotopic (exact) mass is 375 g/mol. The summed E-state index contributed by atoms with van der Waals surface area (Å²) in [4.78, 5) is 4.08. The van der Waals surface area contributed by atoms with E-state index in [1.54, 1.807) is 4.68 Å². The summed E-state index contributed by atoms with van der Waals surface area (Å²) >= 11 is 3.47. The van der Waals surface area contributed by atoms with Gasteiger partial charge in [0.25, 0.3) is 0 Å². The molecule has 7 heteroatoms. The van der Waals surface area contributed by atoms with Crippen molar-refractivity contribution in [1.29, 1.82) is 5.41 Å². The van der Waals surface area contributed by atoms with Gasteiger partial charge in [0, 0.05) is 34.3 Å². The van der Waals surface area contributed by atoms with Gasteiger partial charge in [-0.1, -0.05) is 15.9 Å². The number of nitrogens with one attached hydrogen (secondary N) is 2. The van der Waals surface area contributed by atoms with Gasteiger partial charge in [0.2, 0.25) is 5.96 Å². The van der Waals surface area contributed by atoms with Gasteiger partial charge in [-0.2, -0.15) is 5.10 Å². The predicted molar refractivity (Wildman–Crippen MR) is 94.5 cm³/mol. The van der Waals surface area contributed by atoms with Gasteiger partial charge in [0.15, 0.2) is 0 Å². The van der Waals surface area contributed by atoms with Crippen molar-refractivity contribution >= 4 is 28.2 Å². The number of hydrogen-bond acceptors (Lipinski definition) is 3. The van der Waals surface area contributed by atoms with Crippen LogP contribution in [0.15, 0.2) is 33.9 Å². The maximum absolute atomic E-state index is 7.25.